The van der Waals surface area contributed by atoms with E-state index in [1.807, 2.05) is 20.8 Å². The van der Waals surface area contributed by atoms with Crippen LogP contribution in [-0.2, 0) is 29.2 Å². The highest BCUT2D eigenvalue weighted by Crippen LogP contribution is 3.00. The molecule has 0 aliphatic heterocycles. The van der Waals surface area contributed by atoms with Crippen LogP contribution in [0, 0.1) is 0 Å². The minimum Gasteiger partial charge on any atom is -0.308 e. The van der Waals surface area contributed by atoms with Crippen LogP contribution in [0.5, 0.6) is 0 Å². The van der Waals surface area contributed by atoms with Gasteiger partial charge in [-0.25, -0.2) is 0 Å². The van der Waals surface area contributed by atoms with Gasteiger partial charge in [-0.1, -0.05) is 0 Å². The Morgan fingerprint density at radius 2 is 0.403 bits per heavy atom. The van der Waals surface area contributed by atoms with Gasteiger partial charge in [-0.3, -0.25) is 9.36 Å². The summed E-state index contributed by atoms with van der Waals surface area (Å²) in [6.45, 7) is 6.16. The van der Waals surface area contributed by atoms with Gasteiger partial charge in [0.05, 0.1) is 24.0 Å². The van der Waals surface area contributed by atoms with E-state index in [0.717, 1.165) is 0 Å². The molecule has 0 bridgehead atoms. The van der Waals surface area contributed by atoms with Crippen LogP contribution in [0.3, 0.4) is 0 Å². The molecule has 0 atom stereocenters. The Bertz CT molecular complexity index is 6810. The predicted octanol–water partition coefficient (Wildman–Crippen LogP) is 17.9. The molecule has 2 spiro atoms. The van der Waals surface area contributed by atoms with Gasteiger partial charge in [0.2, 0.25) is 0 Å². The number of hydrogen-bond acceptors (Lipinski definition) is 4. The number of carbonyl (C=O) groups is 1. The quantitative estimate of drug-likeness (QED) is 0.123. The fourth-order valence-electron chi connectivity index (χ4n) is 26.2. The van der Waals surface area contributed by atoms with Crippen LogP contribution in [0.1, 0.15) is 43.0 Å². The molecular formula is C67H13O4P. The molecule has 0 heterocycles. The predicted molar refractivity (Wildman–Crippen MR) is 298 cm³/mol. The molecule has 0 aromatic heterocycles. The summed E-state index contributed by atoms with van der Waals surface area (Å²) in [7, 11) is -4.32. The van der Waals surface area contributed by atoms with Gasteiger partial charge in [-0.15, -0.1) is 0 Å². The molecular weight excluding hydrogens is 900 g/mol. The lowest BCUT2D eigenvalue weighted by atomic mass is 9.68. The van der Waals surface area contributed by atoms with Crippen LogP contribution in [0.4, 0.5) is 0 Å². The summed E-state index contributed by atoms with van der Waals surface area (Å²) in [6, 6.07) is 0. The molecule has 310 valence electrons. The number of ketones is 1. The molecule has 1 fully saturated rings. The summed E-state index contributed by atoms with van der Waals surface area (Å²) in [5, 5.41) is 79.5. The molecule has 0 amide bonds. The van der Waals surface area contributed by atoms with E-state index in [2.05, 4.69) is 0 Å². The van der Waals surface area contributed by atoms with Gasteiger partial charge in [-0.2, -0.15) is 0 Å². The standard InChI is InChI=1S/C67H13O4P/c1-4-70-72(69,71-5-2)67(6(3)68)65-61-53-45-35-25-17-9-7-8-11-15-13(9)21-29-23(15)33-27-19(11)20-12(8)16-14-10(7)18(17)26-32-22(14)30-24(16)34-28(20)38-37(27)47-41(33)51-43(29)49(39(45)31(21)25)57(61)59(51)63-55(47)56-48(38)42(34)52-44(30)50-40(32)46(36(26)35)54(53)62(65)58(50)60(52)64(56)66(63,65)67/h4-5H2,1-3H3. The average Bonchev–Trinajstić information content (AvgIpc) is 4.36. The summed E-state index contributed by atoms with van der Waals surface area (Å²) in [5.41, 5.74) is 3.33. The molecule has 0 N–H and O–H groups in total. The lowest BCUT2D eigenvalue weighted by Crippen LogP contribution is -2.34. The molecule has 5 heteroatoms. The van der Waals surface area contributed by atoms with E-state index in [4.69, 9.17) is 9.05 Å². The maximum absolute atomic E-state index is 17.6. The van der Waals surface area contributed by atoms with Crippen LogP contribution in [0.15, 0.2) is 0 Å². The maximum Gasteiger partial charge on any atom is 0.346 e. The summed E-state index contributed by atoms with van der Waals surface area (Å²) in [5.74, 6) is -0.0252. The van der Waals surface area contributed by atoms with Crippen molar-refractivity contribution in [2.75, 3.05) is 13.2 Å². The third kappa shape index (κ3) is 1.43. The van der Waals surface area contributed by atoms with Crippen LogP contribution in [0.25, 0.3) is 291 Å². The molecule has 0 saturated heterocycles. The third-order valence-electron chi connectivity index (χ3n) is 25.9. The number of rotatable bonds is 6. The van der Waals surface area contributed by atoms with Gasteiger partial charge in [0.15, 0.2) is 10.9 Å². The van der Waals surface area contributed by atoms with Gasteiger partial charge >= 0.3 is 7.60 Å². The van der Waals surface area contributed by atoms with Crippen molar-refractivity contribution < 1.29 is 18.4 Å². The first-order valence-corrected chi connectivity index (χ1v) is 28.3. The number of benzene rings is 18. The number of hydrogen-bond donors (Lipinski definition) is 0. The lowest BCUT2D eigenvalue weighted by molar-refractivity contribution is -0.118. The smallest absolute Gasteiger partial charge is 0.308 e. The molecule has 5 aliphatic rings. The second-order valence-electron chi connectivity index (χ2n) is 25.8. The van der Waals surface area contributed by atoms with E-state index in [1.165, 1.54) is 216 Å². The van der Waals surface area contributed by atoms with Crippen LogP contribution >= 0.6 is 7.60 Å². The van der Waals surface area contributed by atoms with E-state index >= 15 is 9.36 Å². The zero-order valence-electron chi connectivity index (χ0n) is 37.5. The minimum absolute atomic E-state index is 0.0252. The van der Waals surface area contributed by atoms with Crippen molar-refractivity contribution in [3.05, 3.63) is 22.3 Å². The highest BCUT2D eigenvalue weighted by atomic mass is 31.2. The first-order valence-electron chi connectivity index (χ1n) is 26.7. The van der Waals surface area contributed by atoms with Crippen LogP contribution in [0.2, 0.25) is 0 Å². The normalized spacial score (nSPS) is 24.3. The Morgan fingerprint density at radius 1 is 0.278 bits per heavy atom. The monoisotopic (exact) mass is 912 g/mol. The number of Topliss-reactive ketones (excluding diaryl/α,β-unsaturated/α-hetero) is 1. The molecule has 0 unspecified atom stereocenters. The summed E-state index contributed by atoms with van der Waals surface area (Å²) in [4.78, 5) is 16.7. The van der Waals surface area contributed by atoms with Crippen molar-refractivity contribution in [3.8, 4) is 0 Å². The van der Waals surface area contributed by atoms with Crippen molar-refractivity contribution in [3.63, 3.8) is 0 Å². The second-order valence-corrected chi connectivity index (χ2v) is 28.0. The summed E-state index contributed by atoms with van der Waals surface area (Å²) < 4.78 is 31.6. The van der Waals surface area contributed by atoms with E-state index in [1.54, 1.807) is 97.0 Å². The topological polar surface area (TPSA) is 52.6 Å². The Hall–Kier alpha value is -7.72. The number of carbonyl (C=O) groups excluding carboxylic acids is 1. The average molecular weight is 913 g/mol. The van der Waals surface area contributed by atoms with Crippen molar-refractivity contribution in [1.82, 2.24) is 0 Å². The lowest BCUT2D eigenvalue weighted by Gasteiger charge is -2.32. The molecule has 72 heavy (non-hydrogen) atoms. The molecule has 33 rings (SSSR count). The molecule has 5 aliphatic carbocycles. The molecule has 4 nitrogen and oxygen atoms in total. The van der Waals surface area contributed by atoms with E-state index < -0.39 is 23.6 Å². The van der Waals surface area contributed by atoms with E-state index in [0.29, 0.717) is 0 Å². The van der Waals surface area contributed by atoms with Crippen LogP contribution in [-0.4, -0.2) is 24.2 Å². The summed E-state index contributed by atoms with van der Waals surface area (Å²) in [6.07, 6.45) is 0. The van der Waals surface area contributed by atoms with Gasteiger partial charge in [0.1, 0.15) is 0 Å². The Morgan fingerprint density at radius 3 is 0.514 bits per heavy atom. The highest BCUT2D eigenvalue weighted by Gasteiger charge is 3.02. The van der Waals surface area contributed by atoms with Crippen molar-refractivity contribution >= 4 is 304 Å². The van der Waals surface area contributed by atoms with E-state index in [-0.39, 0.29) is 19.0 Å². The van der Waals surface area contributed by atoms with Crippen molar-refractivity contribution in [2.45, 2.75) is 36.8 Å². The van der Waals surface area contributed by atoms with E-state index in [9.17, 15) is 0 Å². The van der Waals surface area contributed by atoms with Gasteiger partial charge in [0.25, 0.3) is 0 Å². The molecule has 1 saturated carbocycles. The van der Waals surface area contributed by atoms with Gasteiger partial charge < -0.3 is 9.05 Å². The fraction of sp³-hybridized carbons (Fsp3) is 0.119. The molecule has 0 radical (unpaired) electrons. The highest BCUT2D eigenvalue weighted by molar-refractivity contribution is 7.58. The van der Waals surface area contributed by atoms with Crippen molar-refractivity contribution in [1.29, 1.82) is 0 Å². The maximum atomic E-state index is 17.6. The third-order valence-corrected chi connectivity index (χ3v) is 28.9. The SMILES string of the molecule is CCOP(=O)(OCC)C1(C(C)=O)C23c4c5c6c7c8c9c(c%10c%11c2c2c4c4c%12c5c5c6c6c8c8c%13c9c9c%10c%10c%11c%11c2c2c4c4c%12c%12c5c5c6c8c6c8c%13c9c9c%10c%10c%11c2c2c4c4c%12c5c6c5c8c9c%10c2c45)C731. The second kappa shape index (κ2) is 6.31. The molecule has 28 aromatic carbocycles. The van der Waals surface area contributed by atoms with Gasteiger partial charge in [-0.05, 0) is 334 Å². The zero-order chi connectivity index (χ0) is 43.9. The first kappa shape index (κ1) is 28.4. The van der Waals surface area contributed by atoms with Gasteiger partial charge in [0, 0.05) is 0 Å². The zero-order valence-corrected chi connectivity index (χ0v) is 38.4. The Balaban J connectivity index is 1.18. The first-order chi connectivity index (χ1) is 35.6. The largest absolute Gasteiger partial charge is 0.346 e. The van der Waals surface area contributed by atoms with Crippen molar-refractivity contribution in [2.24, 2.45) is 0 Å². The van der Waals surface area contributed by atoms with Crippen LogP contribution < -0.4 is 0 Å². The Kier molecular flexibility index (Phi) is 2.48. The summed E-state index contributed by atoms with van der Waals surface area (Å²) >= 11 is 0. The Labute approximate surface area is 392 Å². The fourth-order valence-corrected chi connectivity index (χ4v) is 29.3. The minimum atomic E-state index is -4.32. The molecule has 28 aromatic rings.